The van der Waals surface area contributed by atoms with Gasteiger partial charge in [-0.05, 0) is 27.7 Å². The zero-order chi connectivity index (χ0) is 14.6. The molecular formula is C13H24N2O4. The average molecular weight is 272 g/mol. The van der Waals surface area contributed by atoms with Crippen LogP contribution < -0.4 is 0 Å². The fraction of sp³-hybridized carbons (Fsp3) is 0.846. The topological polar surface area (TPSA) is 70.1 Å². The molecule has 1 rings (SSSR count). The van der Waals surface area contributed by atoms with E-state index >= 15 is 0 Å². The summed E-state index contributed by atoms with van der Waals surface area (Å²) in [5.41, 5.74) is -0.395. The van der Waals surface area contributed by atoms with Gasteiger partial charge in [0.1, 0.15) is 0 Å². The fourth-order valence-electron chi connectivity index (χ4n) is 2.09. The first-order valence-electron chi connectivity index (χ1n) is 6.61. The number of hydrogen-bond acceptors (Lipinski definition) is 3. The zero-order valence-corrected chi connectivity index (χ0v) is 12.2. The Kier molecular flexibility index (Phi) is 5.17. The molecule has 0 aromatic heterocycles. The lowest BCUT2D eigenvalue weighted by molar-refractivity contribution is -0.137. The van der Waals surface area contributed by atoms with Crippen LogP contribution in [0.1, 0.15) is 34.1 Å². The molecule has 0 aromatic carbocycles. The third kappa shape index (κ3) is 4.70. The predicted molar refractivity (Wildman–Crippen MR) is 71.1 cm³/mol. The first-order chi connectivity index (χ1) is 8.71. The van der Waals surface area contributed by atoms with E-state index in [1.54, 1.807) is 9.80 Å². The number of nitrogens with zero attached hydrogens (tertiary/aromatic N) is 2. The number of amides is 2. The van der Waals surface area contributed by atoms with Crippen molar-refractivity contribution in [3.63, 3.8) is 0 Å². The summed E-state index contributed by atoms with van der Waals surface area (Å²) >= 11 is 0. The molecule has 0 radical (unpaired) electrons. The van der Waals surface area contributed by atoms with Crippen LogP contribution in [-0.2, 0) is 9.53 Å². The van der Waals surface area contributed by atoms with Gasteiger partial charge in [-0.15, -0.1) is 0 Å². The van der Waals surface area contributed by atoms with E-state index in [2.05, 4.69) is 0 Å². The fourth-order valence-corrected chi connectivity index (χ4v) is 2.09. The standard InChI is InChI=1S/C13H24N2O4/c1-10-9-14(7-8-19-10)12(18)15(13(2,3)4)6-5-11(16)17/h10H,5-9H2,1-4H3,(H,16,17). The Morgan fingerprint density at radius 1 is 1.42 bits per heavy atom. The average Bonchev–Trinajstić information content (AvgIpc) is 2.26. The molecular weight excluding hydrogens is 248 g/mol. The van der Waals surface area contributed by atoms with E-state index in [1.807, 2.05) is 27.7 Å². The molecule has 1 aliphatic heterocycles. The second-order valence-electron chi connectivity index (χ2n) is 5.88. The number of carboxylic acids is 1. The number of ether oxygens (including phenoxy) is 1. The molecule has 6 nitrogen and oxygen atoms in total. The molecule has 110 valence electrons. The van der Waals surface area contributed by atoms with Crippen LogP contribution in [0, 0.1) is 0 Å². The van der Waals surface area contributed by atoms with Crippen LogP contribution in [0.3, 0.4) is 0 Å². The van der Waals surface area contributed by atoms with Gasteiger partial charge in [-0.1, -0.05) is 0 Å². The Balaban J connectivity index is 2.73. The molecule has 0 aromatic rings. The van der Waals surface area contributed by atoms with Gasteiger partial charge in [0.25, 0.3) is 0 Å². The van der Waals surface area contributed by atoms with Gasteiger partial charge in [0.15, 0.2) is 0 Å². The number of carboxylic acid groups (broad SMARTS) is 1. The SMILES string of the molecule is CC1CN(C(=O)N(CCC(=O)O)C(C)(C)C)CCO1. The number of rotatable bonds is 3. The molecule has 1 fully saturated rings. The lowest BCUT2D eigenvalue weighted by Gasteiger charge is -2.41. The molecule has 1 saturated heterocycles. The van der Waals surface area contributed by atoms with Crippen molar-refractivity contribution in [1.82, 2.24) is 9.80 Å². The van der Waals surface area contributed by atoms with E-state index in [0.29, 0.717) is 19.7 Å². The molecule has 1 heterocycles. The number of carbonyl (C=O) groups is 2. The summed E-state index contributed by atoms with van der Waals surface area (Å²) in [5.74, 6) is -0.891. The van der Waals surface area contributed by atoms with E-state index in [-0.39, 0.29) is 25.1 Å². The lowest BCUT2D eigenvalue weighted by Crippen LogP contribution is -2.56. The molecule has 1 unspecified atom stereocenters. The summed E-state index contributed by atoms with van der Waals surface area (Å²) in [6.07, 6.45) is -0.0119. The maximum absolute atomic E-state index is 12.5. The van der Waals surface area contributed by atoms with Gasteiger partial charge in [-0.2, -0.15) is 0 Å². The second kappa shape index (κ2) is 6.23. The smallest absolute Gasteiger partial charge is 0.320 e. The second-order valence-corrected chi connectivity index (χ2v) is 5.88. The summed E-state index contributed by atoms with van der Waals surface area (Å²) in [4.78, 5) is 26.6. The lowest BCUT2D eigenvalue weighted by atomic mass is 10.1. The van der Waals surface area contributed by atoms with Gasteiger partial charge in [0, 0.05) is 25.2 Å². The summed E-state index contributed by atoms with van der Waals surface area (Å²) in [5, 5.41) is 8.79. The highest BCUT2D eigenvalue weighted by Crippen LogP contribution is 2.18. The van der Waals surface area contributed by atoms with Crippen LogP contribution in [0.15, 0.2) is 0 Å². The van der Waals surface area contributed by atoms with Crippen molar-refractivity contribution < 1.29 is 19.4 Å². The Labute approximate surface area is 114 Å². The Bertz CT molecular complexity index is 338. The van der Waals surface area contributed by atoms with Crippen LogP contribution in [0.4, 0.5) is 4.79 Å². The van der Waals surface area contributed by atoms with Crippen LogP contribution in [0.2, 0.25) is 0 Å². The maximum Gasteiger partial charge on any atom is 0.320 e. The van der Waals surface area contributed by atoms with Gasteiger partial charge < -0.3 is 19.6 Å². The number of carbonyl (C=O) groups excluding carboxylic acids is 1. The van der Waals surface area contributed by atoms with E-state index in [0.717, 1.165) is 0 Å². The van der Waals surface area contributed by atoms with Gasteiger partial charge >= 0.3 is 12.0 Å². The van der Waals surface area contributed by atoms with Crippen molar-refractivity contribution in [2.75, 3.05) is 26.2 Å². The highest BCUT2D eigenvalue weighted by atomic mass is 16.5. The number of hydrogen-bond donors (Lipinski definition) is 1. The highest BCUT2D eigenvalue weighted by molar-refractivity contribution is 5.76. The Hall–Kier alpha value is -1.30. The number of morpholine rings is 1. The van der Waals surface area contributed by atoms with E-state index in [9.17, 15) is 9.59 Å². The molecule has 1 N–H and O–H groups in total. The molecule has 1 atom stereocenters. The van der Waals surface area contributed by atoms with Crippen molar-refractivity contribution in [1.29, 1.82) is 0 Å². The Morgan fingerprint density at radius 3 is 2.53 bits per heavy atom. The molecule has 6 heteroatoms. The number of aliphatic carboxylic acids is 1. The van der Waals surface area contributed by atoms with Crippen LogP contribution in [0.25, 0.3) is 0 Å². The van der Waals surface area contributed by atoms with Crippen molar-refractivity contribution in [2.24, 2.45) is 0 Å². The molecule has 2 amide bonds. The zero-order valence-electron chi connectivity index (χ0n) is 12.2. The molecule has 1 aliphatic rings. The van der Waals surface area contributed by atoms with Gasteiger partial charge in [0.2, 0.25) is 0 Å². The minimum Gasteiger partial charge on any atom is -0.481 e. The minimum absolute atomic E-state index is 0.0268. The normalized spacial score (nSPS) is 20.2. The monoisotopic (exact) mass is 272 g/mol. The van der Waals surface area contributed by atoms with Gasteiger partial charge in [-0.25, -0.2) is 4.79 Å². The van der Waals surface area contributed by atoms with E-state index in [4.69, 9.17) is 9.84 Å². The molecule has 0 spiro atoms. The van der Waals surface area contributed by atoms with Crippen LogP contribution in [0.5, 0.6) is 0 Å². The quantitative estimate of drug-likeness (QED) is 0.843. The molecule has 0 aliphatic carbocycles. The highest BCUT2D eigenvalue weighted by Gasteiger charge is 2.32. The molecule has 0 bridgehead atoms. The summed E-state index contributed by atoms with van der Waals surface area (Å²) < 4.78 is 5.42. The first kappa shape index (κ1) is 15.8. The summed E-state index contributed by atoms with van der Waals surface area (Å²) in [7, 11) is 0. The predicted octanol–water partition coefficient (Wildman–Crippen LogP) is 1.40. The van der Waals surface area contributed by atoms with Crippen LogP contribution >= 0.6 is 0 Å². The largest absolute Gasteiger partial charge is 0.481 e. The number of urea groups is 1. The third-order valence-electron chi connectivity index (χ3n) is 3.10. The van der Waals surface area contributed by atoms with E-state index < -0.39 is 11.5 Å². The van der Waals surface area contributed by atoms with Crippen molar-refractivity contribution in [3.8, 4) is 0 Å². The minimum atomic E-state index is -0.891. The summed E-state index contributed by atoms with van der Waals surface area (Å²) in [6.45, 7) is 9.54. The van der Waals surface area contributed by atoms with Crippen molar-refractivity contribution in [3.05, 3.63) is 0 Å². The molecule has 19 heavy (non-hydrogen) atoms. The molecule has 0 saturated carbocycles. The van der Waals surface area contributed by atoms with Gasteiger partial charge in [-0.3, -0.25) is 4.79 Å². The van der Waals surface area contributed by atoms with E-state index in [1.165, 1.54) is 0 Å². The maximum atomic E-state index is 12.5. The van der Waals surface area contributed by atoms with Crippen LogP contribution in [-0.4, -0.2) is 64.8 Å². The third-order valence-corrected chi connectivity index (χ3v) is 3.10. The summed E-state index contributed by atoms with van der Waals surface area (Å²) in [6, 6.07) is -0.107. The van der Waals surface area contributed by atoms with Crippen molar-refractivity contribution >= 4 is 12.0 Å². The first-order valence-corrected chi connectivity index (χ1v) is 6.61. The van der Waals surface area contributed by atoms with Crippen molar-refractivity contribution in [2.45, 2.75) is 45.8 Å². The Morgan fingerprint density at radius 2 is 2.05 bits per heavy atom. The van der Waals surface area contributed by atoms with Gasteiger partial charge in [0.05, 0.1) is 19.1 Å².